The van der Waals surface area contributed by atoms with E-state index in [1.807, 2.05) is 0 Å². The molecule has 16 heteroatoms. The van der Waals surface area contributed by atoms with Crippen molar-refractivity contribution in [1.82, 2.24) is 19.6 Å². The minimum Gasteiger partial charge on any atom is -0.372 e. The van der Waals surface area contributed by atoms with Crippen LogP contribution in [0.5, 0.6) is 0 Å². The van der Waals surface area contributed by atoms with E-state index in [1.165, 1.54) is 0 Å². The summed E-state index contributed by atoms with van der Waals surface area (Å²) in [6.07, 6.45) is -6.84. The summed E-state index contributed by atoms with van der Waals surface area (Å²) in [6.45, 7) is 0. The van der Waals surface area contributed by atoms with Crippen molar-refractivity contribution >= 4 is 47.3 Å². The van der Waals surface area contributed by atoms with Crippen molar-refractivity contribution in [3.05, 3.63) is 48.6 Å². The fraction of sp³-hybridized carbons (Fsp3) is 0.238. The van der Waals surface area contributed by atoms with Crippen LogP contribution < -0.4 is 0 Å². The average molecular weight is 516 g/mol. The Labute approximate surface area is 205 Å². The molecule has 0 bridgehead atoms. The summed E-state index contributed by atoms with van der Waals surface area (Å²) in [7, 11) is 0. The van der Waals surface area contributed by atoms with Gasteiger partial charge in [-0.3, -0.25) is 38.4 Å². The lowest BCUT2D eigenvalue weighted by atomic mass is 9.76. The van der Waals surface area contributed by atoms with Gasteiger partial charge in [0.15, 0.2) is 30.3 Å². The Bertz CT molecular complexity index is 1030. The van der Waals surface area contributed by atoms with E-state index in [9.17, 15) is 58.8 Å². The monoisotopic (exact) mass is 516 g/mol. The fourth-order valence-corrected chi connectivity index (χ4v) is 4.31. The van der Waals surface area contributed by atoms with E-state index in [1.54, 1.807) is 0 Å². The first-order valence-corrected chi connectivity index (χ1v) is 10.3. The van der Waals surface area contributed by atoms with Crippen molar-refractivity contribution in [2.24, 2.45) is 5.41 Å². The fourth-order valence-electron chi connectivity index (χ4n) is 4.31. The summed E-state index contributed by atoms with van der Waals surface area (Å²) in [5.74, 6) is -10.3. The molecule has 4 aliphatic rings. The molecule has 0 saturated heterocycles. The van der Waals surface area contributed by atoms with Gasteiger partial charge in [0.25, 0.3) is 47.3 Å². The highest BCUT2D eigenvalue weighted by Gasteiger charge is 2.67. The number of hydrogen-bond donors (Lipinski definition) is 4. The normalized spacial score (nSPS) is 24.3. The van der Waals surface area contributed by atoms with E-state index in [4.69, 9.17) is 0 Å². The van der Waals surface area contributed by atoms with Gasteiger partial charge in [0.2, 0.25) is 0 Å². The minimum atomic E-state index is -3.57. The third-order valence-electron chi connectivity index (χ3n) is 6.14. The molecule has 0 radical (unpaired) electrons. The standard InChI is InChI=1S/C21H16N4O12/c26-9-1-2-10(27)22(9)17(34)21(18(35)23-11(28)3-4-12(23)29,19(36)24-13(30)5-6-14(24)31)20(37)25-15(32)7-8-16(25)33/h1-8,17-20,34-37H. The summed E-state index contributed by atoms with van der Waals surface area (Å²) in [4.78, 5) is 99.2. The molecule has 0 aromatic carbocycles. The van der Waals surface area contributed by atoms with Gasteiger partial charge in [0, 0.05) is 48.6 Å². The number of amides is 8. The molecule has 4 heterocycles. The summed E-state index contributed by atoms with van der Waals surface area (Å²) >= 11 is 0. The lowest BCUT2D eigenvalue weighted by molar-refractivity contribution is -0.286. The predicted molar refractivity (Wildman–Crippen MR) is 110 cm³/mol. The van der Waals surface area contributed by atoms with E-state index < -0.39 is 77.6 Å². The number of rotatable bonds is 8. The van der Waals surface area contributed by atoms with Gasteiger partial charge in [-0.15, -0.1) is 0 Å². The molecule has 4 rings (SSSR count). The Hall–Kier alpha value is -4.64. The maximum absolute atomic E-state index is 12.4. The van der Waals surface area contributed by atoms with Crippen LogP contribution in [-0.2, 0) is 38.4 Å². The smallest absolute Gasteiger partial charge is 0.255 e. The van der Waals surface area contributed by atoms with Gasteiger partial charge in [-0.05, 0) is 0 Å². The molecule has 8 amide bonds. The quantitative estimate of drug-likeness (QED) is 0.222. The number of carbonyl (C=O) groups excluding carboxylic acids is 8. The molecule has 192 valence electrons. The molecule has 4 N–H and O–H groups in total. The van der Waals surface area contributed by atoms with Gasteiger partial charge < -0.3 is 20.4 Å². The summed E-state index contributed by atoms with van der Waals surface area (Å²) in [5.41, 5.74) is -3.57. The molecular formula is C21H16N4O12. The van der Waals surface area contributed by atoms with Crippen molar-refractivity contribution in [1.29, 1.82) is 0 Å². The molecular weight excluding hydrogens is 500 g/mol. The number of carbonyl (C=O) groups is 8. The Morgan fingerprint density at radius 1 is 0.378 bits per heavy atom. The van der Waals surface area contributed by atoms with E-state index >= 15 is 0 Å². The Balaban J connectivity index is 1.99. The van der Waals surface area contributed by atoms with E-state index in [-0.39, 0.29) is 19.6 Å². The van der Waals surface area contributed by atoms with Crippen LogP contribution in [0, 0.1) is 5.41 Å². The van der Waals surface area contributed by atoms with Crippen LogP contribution in [0.15, 0.2) is 48.6 Å². The molecule has 0 aromatic rings. The molecule has 0 aliphatic carbocycles. The van der Waals surface area contributed by atoms with Gasteiger partial charge in [0.1, 0.15) is 0 Å². The van der Waals surface area contributed by atoms with Crippen LogP contribution in [-0.4, -0.2) is 112 Å². The molecule has 37 heavy (non-hydrogen) atoms. The SMILES string of the molecule is O=C1C=CC(=O)N1C(O)C(C(O)N1C(=O)C=CC1=O)(C(O)N1C(=O)C=CC1=O)C(O)N1C(=O)C=CC1=O. The van der Waals surface area contributed by atoms with Crippen molar-refractivity contribution in [3.8, 4) is 0 Å². The lowest BCUT2D eigenvalue weighted by Crippen LogP contribution is -2.75. The van der Waals surface area contributed by atoms with Crippen molar-refractivity contribution in [2.75, 3.05) is 0 Å². The topological polar surface area (TPSA) is 230 Å². The van der Waals surface area contributed by atoms with Crippen molar-refractivity contribution in [2.45, 2.75) is 24.9 Å². The van der Waals surface area contributed by atoms with Gasteiger partial charge in [-0.2, -0.15) is 0 Å². The van der Waals surface area contributed by atoms with Crippen LogP contribution in [0.2, 0.25) is 0 Å². The predicted octanol–water partition coefficient (Wildman–Crippen LogP) is -5.05. The number of hydrogen-bond acceptors (Lipinski definition) is 12. The highest BCUT2D eigenvalue weighted by atomic mass is 16.4. The zero-order chi connectivity index (χ0) is 27.4. The number of imide groups is 4. The third kappa shape index (κ3) is 3.54. The molecule has 0 aromatic heterocycles. The largest absolute Gasteiger partial charge is 0.372 e. The van der Waals surface area contributed by atoms with Crippen LogP contribution in [0.25, 0.3) is 0 Å². The molecule has 0 spiro atoms. The maximum Gasteiger partial charge on any atom is 0.255 e. The second kappa shape index (κ2) is 8.79. The third-order valence-corrected chi connectivity index (χ3v) is 6.14. The first kappa shape index (κ1) is 25.5. The zero-order valence-corrected chi connectivity index (χ0v) is 18.3. The molecule has 0 fully saturated rings. The molecule has 4 aliphatic heterocycles. The van der Waals surface area contributed by atoms with Crippen molar-refractivity contribution < 1.29 is 58.8 Å². The lowest BCUT2D eigenvalue weighted by Gasteiger charge is -2.52. The number of aliphatic hydroxyl groups excluding tert-OH is 4. The van der Waals surface area contributed by atoms with Crippen LogP contribution >= 0.6 is 0 Å². The zero-order valence-electron chi connectivity index (χ0n) is 18.3. The highest BCUT2D eigenvalue weighted by Crippen LogP contribution is 2.44. The van der Waals surface area contributed by atoms with E-state index in [0.29, 0.717) is 48.6 Å². The molecule has 16 nitrogen and oxygen atoms in total. The Kier molecular flexibility index (Phi) is 6.04. The van der Waals surface area contributed by atoms with Crippen LogP contribution in [0.3, 0.4) is 0 Å². The number of nitrogens with zero attached hydrogens (tertiary/aromatic N) is 4. The maximum atomic E-state index is 12.4. The minimum absolute atomic E-state index is 0.0506. The summed E-state index contributed by atoms with van der Waals surface area (Å²) in [6, 6.07) is 0. The van der Waals surface area contributed by atoms with Gasteiger partial charge in [-0.25, -0.2) is 19.6 Å². The van der Waals surface area contributed by atoms with E-state index in [0.717, 1.165) is 0 Å². The van der Waals surface area contributed by atoms with Crippen LogP contribution in [0.4, 0.5) is 0 Å². The van der Waals surface area contributed by atoms with E-state index in [2.05, 4.69) is 0 Å². The Morgan fingerprint density at radius 3 is 0.649 bits per heavy atom. The summed E-state index contributed by atoms with van der Waals surface area (Å²) in [5, 5.41) is 45.5. The Morgan fingerprint density at radius 2 is 0.514 bits per heavy atom. The summed E-state index contributed by atoms with van der Waals surface area (Å²) < 4.78 is 0. The average Bonchev–Trinajstić information content (AvgIpc) is 3.55. The van der Waals surface area contributed by atoms with Gasteiger partial charge in [0.05, 0.1) is 0 Å². The highest BCUT2D eigenvalue weighted by molar-refractivity contribution is 6.15. The van der Waals surface area contributed by atoms with Crippen molar-refractivity contribution in [3.63, 3.8) is 0 Å². The molecule has 4 atom stereocenters. The first-order valence-electron chi connectivity index (χ1n) is 10.3. The molecule has 4 unspecified atom stereocenters. The molecule has 0 saturated carbocycles. The second-order valence-electron chi connectivity index (χ2n) is 8.01. The van der Waals surface area contributed by atoms with Crippen LogP contribution in [0.1, 0.15) is 0 Å². The first-order chi connectivity index (χ1) is 17.3. The van der Waals surface area contributed by atoms with Gasteiger partial charge >= 0.3 is 0 Å². The number of aliphatic hydroxyl groups is 4. The van der Waals surface area contributed by atoms with Gasteiger partial charge in [-0.1, -0.05) is 0 Å². The second-order valence-corrected chi connectivity index (χ2v) is 8.01.